The molecule has 0 saturated carbocycles. The van der Waals surface area contributed by atoms with Gasteiger partial charge in [-0.25, -0.2) is 0 Å². The summed E-state index contributed by atoms with van der Waals surface area (Å²) in [6.45, 7) is 2.22. The smallest absolute Gasteiger partial charge is 0.219 e. The molecule has 0 aromatic heterocycles. The average Bonchev–Trinajstić information content (AvgIpc) is 2.35. The fourth-order valence-electron chi connectivity index (χ4n) is 1.85. The van der Waals surface area contributed by atoms with Crippen LogP contribution in [0.3, 0.4) is 0 Å². The number of nitrogens with two attached hydrogens (primary N) is 1. The van der Waals surface area contributed by atoms with E-state index in [1.165, 1.54) is 0 Å². The average molecular weight is 236 g/mol. The normalized spacial score (nSPS) is 14.2. The molecule has 4 nitrogen and oxygen atoms in total. The Kier molecular flexibility index (Phi) is 5.10. The largest absolute Gasteiger partial charge is 0.330 e. The lowest BCUT2D eigenvalue weighted by Crippen LogP contribution is -2.36. The highest BCUT2D eigenvalue weighted by atomic mass is 16.6. The quantitative estimate of drug-likeness (QED) is 0.583. The first-order chi connectivity index (χ1) is 8.08. The van der Waals surface area contributed by atoms with E-state index in [9.17, 15) is 10.1 Å². The first kappa shape index (κ1) is 13.6. The zero-order chi connectivity index (χ0) is 12.7. The van der Waals surface area contributed by atoms with Crippen LogP contribution in [-0.2, 0) is 6.42 Å². The standard InChI is InChI=1S/C13H20N2O2/c1-13(15(16)17,9-5-11-14)10-8-12-6-3-2-4-7-12/h2-4,6-7H,5,8-11,14H2,1H3. The molecule has 1 unspecified atom stereocenters. The number of aryl methyl sites for hydroxylation is 1. The minimum Gasteiger partial charge on any atom is -0.330 e. The second-order valence-electron chi connectivity index (χ2n) is 4.63. The van der Waals surface area contributed by atoms with Crippen molar-refractivity contribution in [3.05, 3.63) is 46.0 Å². The van der Waals surface area contributed by atoms with Gasteiger partial charge in [-0.15, -0.1) is 0 Å². The van der Waals surface area contributed by atoms with Gasteiger partial charge in [-0.2, -0.15) is 0 Å². The molecule has 2 N–H and O–H groups in total. The van der Waals surface area contributed by atoms with Crippen molar-refractivity contribution in [1.82, 2.24) is 0 Å². The van der Waals surface area contributed by atoms with Crippen LogP contribution in [0.25, 0.3) is 0 Å². The van der Waals surface area contributed by atoms with Crippen LogP contribution in [0.2, 0.25) is 0 Å². The van der Waals surface area contributed by atoms with Gasteiger partial charge in [0, 0.05) is 24.7 Å². The van der Waals surface area contributed by atoms with Gasteiger partial charge in [0.15, 0.2) is 0 Å². The molecule has 0 spiro atoms. The van der Waals surface area contributed by atoms with Gasteiger partial charge in [-0.05, 0) is 24.9 Å². The molecular weight excluding hydrogens is 216 g/mol. The van der Waals surface area contributed by atoms with E-state index in [4.69, 9.17) is 5.73 Å². The lowest BCUT2D eigenvalue weighted by atomic mass is 9.89. The van der Waals surface area contributed by atoms with Crippen molar-refractivity contribution in [2.75, 3.05) is 6.54 Å². The molecule has 0 aliphatic carbocycles. The number of nitro groups is 1. The van der Waals surface area contributed by atoms with Crippen molar-refractivity contribution < 1.29 is 4.92 Å². The molecule has 0 bridgehead atoms. The van der Waals surface area contributed by atoms with E-state index < -0.39 is 5.54 Å². The van der Waals surface area contributed by atoms with E-state index in [-0.39, 0.29) is 4.92 Å². The van der Waals surface area contributed by atoms with E-state index in [1.54, 1.807) is 6.92 Å². The van der Waals surface area contributed by atoms with E-state index in [0.29, 0.717) is 25.8 Å². The molecule has 0 aliphatic rings. The van der Waals surface area contributed by atoms with E-state index in [2.05, 4.69) is 0 Å². The predicted molar refractivity (Wildman–Crippen MR) is 68.5 cm³/mol. The third-order valence-electron chi connectivity index (χ3n) is 3.16. The summed E-state index contributed by atoms with van der Waals surface area (Å²) in [5.41, 5.74) is 5.72. The minimum absolute atomic E-state index is 0.161. The van der Waals surface area contributed by atoms with Crippen molar-refractivity contribution in [3.63, 3.8) is 0 Å². The van der Waals surface area contributed by atoms with Crippen LogP contribution in [0.5, 0.6) is 0 Å². The van der Waals surface area contributed by atoms with Crippen LogP contribution in [0, 0.1) is 10.1 Å². The SMILES string of the molecule is CC(CCCN)(CCc1ccccc1)[N+](=O)[O-]. The topological polar surface area (TPSA) is 69.2 Å². The van der Waals surface area contributed by atoms with E-state index in [0.717, 1.165) is 12.0 Å². The molecule has 0 saturated heterocycles. The second kappa shape index (κ2) is 6.35. The monoisotopic (exact) mass is 236 g/mol. The van der Waals surface area contributed by atoms with Crippen LogP contribution < -0.4 is 5.73 Å². The number of benzene rings is 1. The Morgan fingerprint density at radius 2 is 1.94 bits per heavy atom. The van der Waals surface area contributed by atoms with Gasteiger partial charge in [0.2, 0.25) is 5.54 Å². The summed E-state index contributed by atoms with van der Waals surface area (Å²) in [5, 5.41) is 11.1. The number of nitrogens with zero attached hydrogens (tertiary/aromatic N) is 1. The Morgan fingerprint density at radius 1 is 1.29 bits per heavy atom. The van der Waals surface area contributed by atoms with Gasteiger partial charge in [0.25, 0.3) is 0 Å². The van der Waals surface area contributed by atoms with Crippen LogP contribution in [-0.4, -0.2) is 17.0 Å². The molecule has 1 atom stereocenters. The first-order valence-electron chi connectivity index (χ1n) is 5.97. The predicted octanol–water partition coefficient (Wildman–Crippen LogP) is 2.39. The van der Waals surface area contributed by atoms with Crippen molar-refractivity contribution in [1.29, 1.82) is 0 Å². The minimum atomic E-state index is -0.852. The molecule has 0 aliphatic heterocycles. The maximum atomic E-state index is 11.1. The van der Waals surface area contributed by atoms with Gasteiger partial charge in [0.1, 0.15) is 0 Å². The number of rotatable bonds is 7. The van der Waals surface area contributed by atoms with Gasteiger partial charge < -0.3 is 5.73 Å². The van der Waals surface area contributed by atoms with Crippen molar-refractivity contribution in [2.45, 2.75) is 38.1 Å². The first-order valence-corrected chi connectivity index (χ1v) is 5.97. The third kappa shape index (κ3) is 4.15. The van der Waals surface area contributed by atoms with Gasteiger partial charge in [-0.1, -0.05) is 30.3 Å². The lowest BCUT2D eigenvalue weighted by molar-refractivity contribution is -0.567. The van der Waals surface area contributed by atoms with Crippen molar-refractivity contribution >= 4 is 0 Å². The fourth-order valence-corrected chi connectivity index (χ4v) is 1.85. The Morgan fingerprint density at radius 3 is 2.47 bits per heavy atom. The highest BCUT2D eigenvalue weighted by molar-refractivity contribution is 5.14. The molecule has 0 amide bonds. The molecule has 17 heavy (non-hydrogen) atoms. The van der Waals surface area contributed by atoms with Gasteiger partial charge >= 0.3 is 0 Å². The molecule has 94 valence electrons. The van der Waals surface area contributed by atoms with Gasteiger partial charge in [-0.3, -0.25) is 10.1 Å². The Bertz CT molecular complexity index is 354. The summed E-state index contributed by atoms with van der Waals surface area (Å²) in [6.07, 6.45) is 2.54. The molecule has 1 aromatic carbocycles. The molecular formula is C13H20N2O2. The van der Waals surface area contributed by atoms with Crippen LogP contribution >= 0.6 is 0 Å². The number of hydrogen-bond donors (Lipinski definition) is 1. The highest BCUT2D eigenvalue weighted by Crippen LogP contribution is 2.23. The maximum absolute atomic E-state index is 11.1. The summed E-state index contributed by atoms with van der Waals surface area (Å²) in [6, 6.07) is 9.87. The second-order valence-corrected chi connectivity index (χ2v) is 4.63. The Labute approximate surface area is 102 Å². The van der Waals surface area contributed by atoms with Crippen LogP contribution in [0.15, 0.2) is 30.3 Å². The van der Waals surface area contributed by atoms with Crippen molar-refractivity contribution in [3.8, 4) is 0 Å². The van der Waals surface area contributed by atoms with Crippen LogP contribution in [0.4, 0.5) is 0 Å². The molecule has 4 heteroatoms. The number of hydrogen-bond acceptors (Lipinski definition) is 3. The lowest BCUT2D eigenvalue weighted by Gasteiger charge is -2.20. The third-order valence-corrected chi connectivity index (χ3v) is 3.16. The van der Waals surface area contributed by atoms with Crippen LogP contribution in [0.1, 0.15) is 31.7 Å². The maximum Gasteiger partial charge on any atom is 0.219 e. The summed E-state index contributed by atoms with van der Waals surface area (Å²) in [7, 11) is 0. The molecule has 0 radical (unpaired) electrons. The molecule has 1 aromatic rings. The van der Waals surface area contributed by atoms with E-state index in [1.807, 2.05) is 30.3 Å². The molecule has 1 rings (SSSR count). The Balaban J connectivity index is 2.58. The van der Waals surface area contributed by atoms with Gasteiger partial charge in [0.05, 0.1) is 0 Å². The molecule has 0 fully saturated rings. The summed E-state index contributed by atoms with van der Waals surface area (Å²) in [4.78, 5) is 11.0. The summed E-state index contributed by atoms with van der Waals surface area (Å²) < 4.78 is 0. The Hall–Kier alpha value is -1.42. The zero-order valence-electron chi connectivity index (χ0n) is 10.3. The molecule has 0 heterocycles. The zero-order valence-corrected chi connectivity index (χ0v) is 10.3. The summed E-state index contributed by atoms with van der Waals surface area (Å²) >= 11 is 0. The van der Waals surface area contributed by atoms with E-state index >= 15 is 0 Å². The highest BCUT2D eigenvalue weighted by Gasteiger charge is 2.35. The summed E-state index contributed by atoms with van der Waals surface area (Å²) in [5.74, 6) is 0. The van der Waals surface area contributed by atoms with Crippen molar-refractivity contribution in [2.24, 2.45) is 5.73 Å². The fraction of sp³-hybridized carbons (Fsp3) is 0.538.